The molecular weight excluding hydrogens is 220 g/mol. The molecule has 1 rings (SSSR count). The molecule has 102 valence electrons. The number of hydrogen-bond acceptors (Lipinski definition) is 2. The molecule has 0 aliphatic carbocycles. The van der Waals surface area contributed by atoms with Crippen LogP contribution in [0.2, 0.25) is 0 Å². The predicted molar refractivity (Wildman–Crippen MR) is 79.6 cm³/mol. The molecule has 1 aromatic carbocycles. The minimum atomic E-state index is 0.640. The molecule has 1 aromatic rings. The number of nitrogens with zero attached hydrogens (tertiary/aromatic N) is 1. The first kappa shape index (κ1) is 15.2. The van der Waals surface area contributed by atoms with Crippen molar-refractivity contribution in [1.82, 2.24) is 4.90 Å². The van der Waals surface area contributed by atoms with Gasteiger partial charge in [0.15, 0.2) is 0 Å². The van der Waals surface area contributed by atoms with E-state index in [1.807, 2.05) is 0 Å². The fraction of sp³-hybridized carbons (Fsp3) is 0.625. The van der Waals surface area contributed by atoms with Crippen LogP contribution in [0.4, 0.5) is 0 Å². The fourth-order valence-electron chi connectivity index (χ4n) is 2.38. The van der Waals surface area contributed by atoms with Crippen molar-refractivity contribution in [1.29, 1.82) is 0 Å². The van der Waals surface area contributed by atoms with E-state index in [2.05, 4.69) is 57.0 Å². The highest BCUT2D eigenvalue weighted by molar-refractivity contribution is 5.27. The van der Waals surface area contributed by atoms with E-state index < -0.39 is 0 Å². The summed E-state index contributed by atoms with van der Waals surface area (Å²) >= 11 is 0. The van der Waals surface area contributed by atoms with E-state index in [4.69, 9.17) is 5.73 Å². The van der Waals surface area contributed by atoms with Crippen LogP contribution in [0, 0.1) is 5.92 Å². The quantitative estimate of drug-likeness (QED) is 0.803. The molecule has 2 N–H and O–H groups in total. The molecule has 2 heteroatoms. The zero-order valence-corrected chi connectivity index (χ0v) is 12.3. The van der Waals surface area contributed by atoms with Gasteiger partial charge >= 0.3 is 0 Å². The SMILES string of the molecule is CC(C)CC(C)N(C)CCc1ccccc1CN. The topological polar surface area (TPSA) is 29.3 Å². The first-order valence-corrected chi connectivity index (χ1v) is 7.01. The van der Waals surface area contributed by atoms with Crippen molar-refractivity contribution in [3.05, 3.63) is 35.4 Å². The van der Waals surface area contributed by atoms with Gasteiger partial charge in [0.1, 0.15) is 0 Å². The van der Waals surface area contributed by atoms with E-state index in [1.54, 1.807) is 0 Å². The van der Waals surface area contributed by atoms with Gasteiger partial charge in [0, 0.05) is 19.1 Å². The highest BCUT2D eigenvalue weighted by Gasteiger charge is 2.11. The standard InChI is InChI=1S/C16H28N2/c1-13(2)11-14(3)18(4)10-9-15-7-5-6-8-16(15)12-17/h5-8,13-14H,9-12,17H2,1-4H3. The van der Waals surface area contributed by atoms with Crippen molar-refractivity contribution in [3.63, 3.8) is 0 Å². The zero-order chi connectivity index (χ0) is 13.5. The summed E-state index contributed by atoms with van der Waals surface area (Å²) in [5.74, 6) is 0.763. The number of rotatable bonds is 7. The van der Waals surface area contributed by atoms with Crippen LogP contribution in [0.15, 0.2) is 24.3 Å². The third kappa shape index (κ3) is 4.79. The van der Waals surface area contributed by atoms with Gasteiger partial charge in [-0.2, -0.15) is 0 Å². The lowest BCUT2D eigenvalue weighted by atomic mass is 10.0. The predicted octanol–water partition coefficient (Wildman–Crippen LogP) is 3.05. The average Bonchev–Trinajstić information content (AvgIpc) is 2.35. The number of likely N-dealkylation sites (N-methyl/N-ethyl adjacent to an activating group) is 1. The highest BCUT2D eigenvalue weighted by atomic mass is 15.1. The van der Waals surface area contributed by atoms with Gasteiger partial charge in [0.2, 0.25) is 0 Å². The summed E-state index contributed by atoms with van der Waals surface area (Å²) in [7, 11) is 2.22. The third-order valence-corrected chi connectivity index (χ3v) is 3.64. The monoisotopic (exact) mass is 248 g/mol. The number of nitrogens with two attached hydrogens (primary N) is 1. The molecule has 0 saturated heterocycles. The van der Waals surface area contributed by atoms with Crippen LogP contribution in [0.25, 0.3) is 0 Å². The van der Waals surface area contributed by atoms with Gasteiger partial charge in [0.05, 0.1) is 0 Å². The van der Waals surface area contributed by atoms with Gasteiger partial charge in [-0.3, -0.25) is 0 Å². The summed E-state index contributed by atoms with van der Waals surface area (Å²) in [6, 6.07) is 9.15. The molecular formula is C16H28N2. The maximum absolute atomic E-state index is 5.77. The Morgan fingerprint density at radius 2 is 1.72 bits per heavy atom. The van der Waals surface area contributed by atoms with Gasteiger partial charge in [-0.25, -0.2) is 0 Å². The molecule has 1 unspecified atom stereocenters. The average molecular weight is 248 g/mol. The molecule has 0 saturated carbocycles. The van der Waals surface area contributed by atoms with Crippen molar-refractivity contribution in [2.75, 3.05) is 13.6 Å². The molecule has 18 heavy (non-hydrogen) atoms. The van der Waals surface area contributed by atoms with E-state index in [0.717, 1.165) is 18.9 Å². The molecule has 0 aromatic heterocycles. The molecule has 0 fully saturated rings. The second-order valence-electron chi connectivity index (χ2n) is 5.68. The largest absolute Gasteiger partial charge is 0.326 e. The van der Waals surface area contributed by atoms with E-state index >= 15 is 0 Å². The number of hydrogen-bond donors (Lipinski definition) is 1. The summed E-state index contributed by atoms with van der Waals surface area (Å²) in [6.45, 7) is 8.63. The number of benzene rings is 1. The second kappa shape index (κ2) is 7.55. The lowest BCUT2D eigenvalue weighted by molar-refractivity contribution is 0.230. The van der Waals surface area contributed by atoms with Gasteiger partial charge in [-0.1, -0.05) is 38.1 Å². The lowest BCUT2D eigenvalue weighted by Gasteiger charge is -2.26. The summed E-state index contributed by atoms with van der Waals surface area (Å²) in [5, 5.41) is 0. The molecule has 0 amide bonds. The maximum Gasteiger partial charge on any atom is 0.0180 e. The van der Waals surface area contributed by atoms with Crippen LogP contribution in [0.3, 0.4) is 0 Å². The van der Waals surface area contributed by atoms with Crippen LogP contribution in [-0.4, -0.2) is 24.5 Å². The Bertz CT molecular complexity index is 347. The first-order valence-electron chi connectivity index (χ1n) is 7.01. The van der Waals surface area contributed by atoms with E-state index in [0.29, 0.717) is 12.6 Å². The maximum atomic E-state index is 5.77. The molecule has 0 aliphatic rings. The summed E-state index contributed by atoms with van der Waals surface area (Å²) in [5.41, 5.74) is 8.44. The summed E-state index contributed by atoms with van der Waals surface area (Å²) in [4.78, 5) is 2.45. The van der Waals surface area contributed by atoms with Crippen molar-refractivity contribution >= 4 is 0 Å². The minimum Gasteiger partial charge on any atom is -0.326 e. The molecule has 2 nitrogen and oxygen atoms in total. The van der Waals surface area contributed by atoms with Gasteiger partial charge in [-0.05, 0) is 43.9 Å². The lowest BCUT2D eigenvalue weighted by Crippen LogP contribution is -2.32. The molecule has 0 spiro atoms. The summed E-state index contributed by atoms with van der Waals surface area (Å²) < 4.78 is 0. The highest BCUT2D eigenvalue weighted by Crippen LogP contribution is 2.12. The smallest absolute Gasteiger partial charge is 0.0180 e. The van der Waals surface area contributed by atoms with Crippen LogP contribution in [-0.2, 0) is 13.0 Å². The van der Waals surface area contributed by atoms with E-state index in [1.165, 1.54) is 17.5 Å². The van der Waals surface area contributed by atoms with Gasteiger partial charge < -0.3 is 10.6 Å². The van der Waals surface area contributed by atoms with Crippen LogP contribution < -0.4 is 5.73 Å². The molecule has 0 bridgehead atoms. The van der Waals surface area contributed by atoms with Crippen LogP contribution in [0.1, 0.15) is 38.3 Å². The van der Waals surface area contributed by atoms with Crippen molar-refractivity contribution in [3.8, 4) is 0 Å². The fourth-order valence-corrected chi connectivity index (χ4v) is 2.38. The normalized spacial score (nSPS) is 13.3. The second-order valence-corrected chi connectivity index (χ2v) is 5.68. The Morgan fingerprint density at radius 1 is 1.11 bits per heavy atom. The summed E-state index contributed by atoms with van der Waals surface area (Å²) in [6.07, 6.45) is 2.35. The van der Waals surface area contributed by atoms with E-state index in [-0.39, 0.29) is 0 Å². The first-order chi connectivity index (χ1) is 8.54. The van der Waals surface area contributed by atoms with Crippen LogP contribution >= 0.6 is 0 Å². The van der Waals surface area contributed by atoms with E-state index in [9.17, 15) is 0 Å². The third-order valence-electron chi connectivity index (χ3n) is 3.64. The molecule has 1 atom stereocenters. The van der Waals surface area contributed by atoms with Gasteiger partial charge in [0.25, 0.3) is 0 Å². The van der Waals surface area contributed by atoms with Crippen molar-refractivity contribution < 1.29 is 0 Å². The van der Waals surface area contributed by atoms with Crippen LogP contribution in [0.5, 0.6) is 0 Å². The van der Waals surface area contributed by atoms with Crippen molar-refractivity contribution in [2.24, 2.45) is 11.7 Å². The van der Waals surface area contributed by atoms with Gasteiger partial charge in [-0.15, -0.1) is 0 Å². The molecule has 0 radical (unpaired) electrons. The zero-order valence-electron chi connectivity index (χ0n) is 12.3. The van der Waals surface area contributed by atoms with Crippen molar-refractivity contribution in [2.45, 2.75) is 46.2 Å². The minimum absolute atomic E-state index is 0.640. The Hall–Kier alpha value is -0.860. The Labute approximate surface area is 112 Å². The molecule has 0 aliphatic heterocycles. The Balaban J connectivity index is 2.49. The Kier molecular flexibility index (Phi) is 6.37. The molecule has 0 heterocycles. The Morgan fingerprint density at radius 3 is 2.28 bits per heavy atom.